The molecule has 1 aromatic heterocycles. The van der Waals surface area contributed by atoms with Crippen molar-refractivity contribution in [2.75, 3.05) is 19.0 Å². The fourth-order valence-electron chi connectivity index (χ4n) is 1.43. The molecule has 5 nitrogen and oxygen atoms in total. The van der Waals surface area contributed by atoms with E-state index in [4.69, 9.17) is 14.3 Å². The molecule has 1 aromatic carbocycles. The Kier molecular flexibility index (Phi) is 5.47. The van der Waals surface area contributed by atoms with Crippen LogP contribution in [0.4, 0.5) is 0 Å². The minimum atomic E-state index is -0.147. The molecule has 0 aliphatic heterocycles. The zero-order valence-corrected chi connectivity index (χ0v) is 11.8. The SMILES string of the molecule is Cc1nnc(SCCOc2cccc(C#CCO)c2)o1. The standard InChI is InChI=1S/C14H14N2O3S/c1-11-15-16-14(19-11)20-9-8-18-13-6-2-4-12(10-13)5-3-7-17/h2,4,6,10,17H,7-9H2,1H3. The molecule has 0 atom stereocenters. The van der Waals surface area contributed by atoms with E-state index in [9.17, 15) is 0 Å². The molecular weight excluding hydrogens is 276 g/mol. The Morgan fingerprint density at radius 3 is 3.05 bits per heavy atom. The van der Waals surface area contributed by atoms with Crippen molar-refractivity contribution in [2.24, 2.45) is 0 Å². The molecule has 6 heteroatoms. The smallest absolute Gasteiger partial charge is 0.276 e. The van der Waals surface area contributed by atoms with Crippen LogP contribution in [-0.2, 0) is 0 Å². The Balaban J connectivity index is 1.79. The van der Waals surface area contributed by atoms with Gasteiger partial charge >= 0.3 is 0 Å². The summed E-state index contributed by atoms with van der Waals surface area (Å²) in [5, 5.41) is 16.8. The third kappa shape index (κ3) is 4.61. The lowest BCUT2D eigenvalue weighted by Crippen LogP contribution is -2.00. The molecule has 0 bridgehead atoms. The van der Waals surface area contributed by atoms with E-state index in [1.807, 2.05) is 24.3 Å². The lowest BCUT2D eigenvalue weighted by Gasteiger charge is -2.05. The number of thioether (sulfide) groups is 1. The summed E-state index contributed by atoms with van der Waals surface area (Å²) < 4.78 is 10.9. The highest BCUT2D eigenvalue weighted by Crippen LogP contribution is 2.17. The van der Waals surface area contributed by atoms with Crippen LogP contribution in [0.25, 0.3) is 0 Å². The summed E-state index contributed by atoms with van der Waals surface area (Å²) in [4.78, 5) is 0. The van der Waals surface area contributed by atoms with Crippen LogP contribution in [-0.4, -0.2) is 34.3 Å². The molecule has 104 valence electrons. The van der Waals surface area contributed by atoms with Gasteiger partial charge in [0.05, 0.1) is 6.61 Å². The third-order valence-electron chi connectivity index (χ3n) is 2.23. The van der Waals surface area contributed by atoms with Gasteiger partial charge in [-0.15, -0.1) is 10.2 Å². The molecule has 0 aliphatic carbocycles. The van der Waals surface area contributed by atoms with Crippen molar-refractivity contribution in [3.63, 3.8) is 0 Å². The highest BCUT2D eigenvalue weighted by Gasteiger charge is 2.02. The maximum absolute atomic E-state index is 8.65. The van der Waals surface area contributed by atoms with E-state index in [1.54, 1.807) is 6.92 Å². The van der Waals surface area contributed by atoms with Crippen molar-refractivity contribution in [3.05, 3.63) is 35.7 Å². The zero-order valence-electron chi connectivity index (χ0n) is 11.0. The predicted octanol–water partition coefficient (Wildman–Crippen LogP) is 1.89. The molecule has 0 spiro atoms. The van der Waals surface area contributed by atoms with Crippen LogP contribution >= 0.6 is 11.8 Å². The molecular formula is C14H14N2O3S. The first-order valence-corrected chi connectivity index (χ1v) is 7.02. The number of aliphatic hydroxyl groups is 1. The number of hydrogen-bond acceptors (Lipinski definition) is 6. The minimum Gasteiger partial charge on any atom is -0.493 e. The van der Waals surface area contributed by atoms with Crippen LogP contribution in [0.1, 0.15) is 11.5 Å². The van der Waals surface area contributed by atoms with Crippen molar-refractivity contribution in [1.82, 2.24) is 10.2 Å². The molecule has 2 rings (SSSR count). The lowest BCUT2D eigenvalue weighted by molar-refractivity contribution is 0.342. The summed E-state index contributed by atoms with van der Waals surface area (Å²) in [5.41, 5.74) is 0.816. The van der Waals surface area contributed by atoms with E-state index in [-0.39, 0.29) is 6.61 Å². The van der Waals surface area contributed by atoms with E-state index in [0.29, 0.717) is 23.5 Å². The van der Waals surface area contributed by atoms with Gasteiger partial charge in [0.15, 0.2) is 0 Å². The Morgan fingerprint density at radius 1 is 1.40 bits per heavy atom. The van der Waals surface area contributed by atoms with Crippen LogP contribution in [0.15, 0.2) is 33.9 Å². The largest absolute Gasteiger partial charge is 0.493 e. The maximum Gasteiger partial charge on any atom is 0.276 e. The Labute approximate surface area is 121 Å². The molecule has 20 heavy (non-hydrogen) atoms. The molecule has 0 saturated carbocycles. The Hall–Kier alpha value is -1.97. The van der Waals surface area contributed by atoms with Crippen molar-refractivity contribution in [3.8, 4) is 17.6 Å². The first-order valence-electron chi connectivity index (χ1n) is 6.03. The molecule has 0 amide bonds. The van der Waals surface area contributed by atoms with Gasteiger partial charge in [-0.25, -0.2) is 0 Å². The number of aryl methyl sites for hydroxylation is 1. The summed E-state index contributed by atoms with van der Waals surface area (Å²) >= 11 is 1.45. The Morgan fingerprint density at radius 2 is 2.30 bits per heavy atom. The molecule has 0 radical (unpaired) electrons. The van der Waals surface area contributed by atoms with Crippen LogP contribution in [0.2, 0.25) is 0 Å². The monoisotopic (exact) mass is 290 g/mol. The van der Waals surface area contributed by atoms with E-state index in [1.165, 1.54) is 11.8 Å². The normalized spacial score (nSPS) is 9.90. The highest BCUT2D eigenvalue weighted by atomic mass is 32.2. The minimum absolute atomic E-state index is 0.147. The van der Waals surface area contributed by atoms with E-state index >= 15 is 0 Å². The summed E-state index contributed by atoms with van der Waals surface area (Å²) in [7, 11) is 0. The van der Waals surface area contributed by atoms with Crippen molar-refractivity contribution < 1.29 is 14.3 Å². The molecule has 1 N–H and O–H groups in total. The van der Waals surface area contributed by atoms with Gasteiger partial charge in [-0.2, -0.15) is 0 Å². The van der Waals surface area contributed by atoms with Crippen molar-refractivity contribution in [1.29, 1.82) is 0 Å². The van der Waals surface area contributed by atoms with Crippen LogP contribution in [0.5, 0.6) is 5.75 Å². The molecule has 1 heterocycles. The maximum atomic E-state index is 8.65. The van der Waals surface area contributed by atoms with Gasteiger partial charge in [-0.05, 0) is 18.2 Å². The Bertz CT molecular complexity index is 616. The molecule has 2 aromatic rings. The zero-order chi connectivity index (χ0) is 14.2. The third-order valence-corrected chi connectivity index (χ3v) is 3.01. The molecule has 0 unspecified atom stereocenters. The summed E-state index contributed by atoms with van der Waals surface area (Å²) in [6, 6.07) is 7.44. The first kappa shape index (κ1) is 14.4. The summed E-state index contributed by atoms with van der Waals surface area (Å²) in [6.07, 6.45) is 0. The molecule has 0 saturated heterocycles. The average Bonchev–Trinajstić information content (AvgIpc) is 2.87. The van der Waals surface area contributed by atoms with Crippen LogP contribution in [0.3, 0.4) is 0 Å². The van der Waals surface area contributed by atoms with Gasteiger partial charge in [0.25, 0.3) is 5.22 Å². The van der Waals surface area contributed by atoms with Gasteiger partial charge in [0.1, 0.15) is 12.4 Å². The number of hydrogen-bond donors (Lipinski definition) is 1. The van der Waals surface area contributed by atoms with Gasteiger partial charge in [-0.1, -0.05) is 29.7 Å². The number of benzene rings is 1. The molecule has 0 fully saturated rings. The van der Waals surface area contributed by atoms with E-state index in [2.05, 4.69) is 22.0 Å². The number of nitrogens with zero attached hydrogens (tertiary/aromatic N) is 2. The number of rotatable bonds is 5. The van der Waals surface area contributed by atoms with Crippen LogP contribution in [0, 0.1) is 18.8 Å². The van der Waals surface area contributed by atoms with Crippen molar-refractivity contribution >= 4 is 11.8 Å². The first-order chi connectivity index (χ1) is 9.78. The highest BCUT2D eigenvalue weighted by molar-refractivity contribution is 7.99. The van der Waals surface area contributed by atoms with E-state index in [0.717, 1.165) is 11.3 Å². The summed E-state index contributed by atoms with van der Waals surface area (Å²) in [5.74, 6) is 7.46. The molecule has 0 aliphatic rings. The second-order valence-corrected chi connectivity index (χ2v) is 4.82. The van der Waals surface area contributed by atoms with E-state index < -0.39 is 0 Å². The van der Waals surface area contributed by atoms with Gasteiger partial charge in [0.2, 0.25) is 5.89 Å². The second kappa shape index (κ2) is 7.58. The van der Waals surface area contributed by atoms with Crippen LogP contribution < -0.4 is 4.74 Å². The predicted molar refractivity (Wildman–Crippen MR) is 75.7 cm³/mol. The van der Waals surface area contributed by atoms with Crippen molar-refractivity contribution in [2.45, 2.75) is 12.1 Å². The fraction of sp³-hybridized carbons (Fsp3) is 0.286. The fourth-order valence-corrected chi connectivity index (χ4v) is 2.05. The van der Waals surface area contributed by atoms with Gasteiger partial charge in [-0.3, -0.25) is 0 Å². The topological polar surface area (TPSA) is 68.4 Å². The lowest BCUT2D eigenvalue weighted by atomic mass is 10.2. The van der Waals surface area contributed by atoms with Gasteiger partial charge < -0.3 is 14.3 Å². The number of ether oxygens (including phenoxy) is 1. The second-order valence-electron chi connectivity index (χ2n) is 3.77. The van der Waals surface area contributed by atoms with Gasteiger partial charge in [0, 0.05) is 18.2 Å². The quantitative estimate of drug-likeness (QED) is 0.515. The average molecular weight is 290 g/mol. The summed E-state index contributed by atoms with van der Waals surface area (Å²) in [6.45, 7) is 2.14. The number of aliphatic hydroxyl groups excluding tert-OH is 1. The number of aromatic nitrogens is 2.